The second-order valence-electron chi connectivity index (χ2n) is 6.32. The van der Waals surface area contributed by atoms with Crippen molar-refractivity contribution >= 4 is 27.8 Å². The lowest BCUT2D eigenvalue weighted by molar-refractivity contribution is 0.0948. The standard InChI is InChI=1S/C20H19FN4O/c1-13-23-17-5-2-3-6-19(17)25(13)10-4-9-22-20(26)18-12-14-11-15(21)7-8-16(14)24-18/h2-3,5-8,11-12,24H,4,9-10H2,1H3,(H,22,26). The lowest BCUT2D eigenvalue weighted by atomic mass is 10.2. The van der Waals surface area contributed by atoms with Gasteiger partial charge in [0.15, 0.2) is 0 Å². The van der Waals surface area contributed by atoms with Crippen LogP contribution in [0.1, 0.15) is 22.7 Å². The number of aromatic nitrogens is 3. The summed E-state index contributed by atoms with van der Waals surface area (Å²) >= 11 is 0. The number of aromatic amines is 1. The summed E-state index contributed by atoms with van der Waals surface area (Å²) in [6, 6.07) is 14.1. The monoisotopic (exact) mass is 350 g/mol. The van der Waals surface area contributed by atoms with E-state index in [1.54, 1.807) is 12.1 Å². The Morgan fingerprint density at radius 3 is 2.96 bits per heavy atom. The molecule has 0 aliphatic rings. The summed E-state index contributed by atoms with van der Waals surface area (Å²) in [5.41, 5.74) is 3.28. The Kier molecular flexibility index (Phi) is 4.16. The first kappa shape index (κ1) is 16.3. The van der Waals surface area contributed by atoms with Crippen molar-refractivity contribution < 1.29 is 9.18 Å². The highest BCUT2D eigenvalue weighted by Crippen LogP contribution is 2.17. The molecule has 0 radical (unpaired) electrons. The number of hydrogen-bond acceptors (Lipinski definition) is 2. The molecule has 0 saturated heterocycles. The molecule has 0 bridgehead atoms. The maximum absolute atomic E-state index is 13.3. The lowest BCUT2D eigenvalue weighted by Gasteiger charge is -2.07. The third-order valence-corrected chi connectivity index (χ3v) is 4.52. The van der Waals surface area contributed by atoms with Crippen molar-refractivity contribution in [3.8, 4) is 0 Å². The van der Waals surface area contributed by atoms with Gasteiger partial charge in [0.25, 0.3) is 5.91 Å². The summed E-state index contributed by atoms with van der Waals surface area (Å²) in [4.78, 5) is 19.8. The largest absolute Gasteiger partial charge is 0.351 e. The molecular formula is C20H19FN4O. The van der Waals surface area contributed by atoms with Gasteiger partial charge in [0.2, 0.25) is 0 Å². The van der Waals surface area contributed by atoms with Crippen LogP contribution < -0.4 is 5.32 Å². The van der Waals surface area contributed by atoms with Gasteiger partial charge in [-0.15, -0.1) is 0 Å². The fraction of sp³-hybridized carbons (Fsp3) is 0.200. The molecule has 2 N–H and O–H groups in total. The minimum absolute atomic E-state index is 0.186. The molecule has 6 heteroatoms. The molecule has 4 rings (SSSR count). The lowest BCUT2D eigenvalue weighted by Crippen LogP contribution is -2.25. The van der Waals surface area contributed by atoms with E-state index in [0.717, 1.165) is 35.3 Å². The third-order valence-electron chi connectivity index (χ3n) is 4.52. The molecule has 0 aliphatic heterocycles. The Hall–Kier alpha value is -3.15. The van der Waals surface area contributed by atoms with Gasteiger partial charge in [-0.05, 0) is 49.7 Å². The van der Waals surface area contributed by atoms with Crippen LogP contribution in [0.15, 0.2) is 48.5 Å². The molecule has 2 aromatic carbocycles. The maximum Gasteiger partial charge on any atom is 0.267 e. The first-order valence-electron chi connectivity index (χ1n) is 8.60. The van der Waals surface area contributed by atoms with Crippen molar-refractivity contribution in [1.29, 1.82) is 0 Å². The third kappa shape index (κ3) is 3.06. The molecule has 0 atom stereocenters. The van der Waals surface area contributed by atoms with Gasteiger partial charge >= 0.3 is 0 Å². The first-order chi connectivity index (χ1) is 12.6. The maximum atomic E-state index is 13.3. The van der Waals surface area contributed by atoms with Crippen molar-refractivity contribution in [3.05, 3.63) is 65.9 Å². The zero-order valence-corrected chi connectivity index (χ0v) is 14.4. The van der Waals surface area contributed by atoms with Gasteiger partial charge in [-0.2, -0.15) is 0 Å². The molecular weight excluding hydrogens is 331 g/mol. The number of aryl methyl sites for hydroxylation is 2. The molecule has 0 aliphatic carbocycles. The van der Waals surface area contributed by atoms with Gasteiger partial charge < -0.3 is 14.9 Å². The molecule has 4 aromatic rings. The molecule has 5 nitrogen and oxygen atoms in total. The highest BCUT2D eigenvalue weighted by atomic mass is 19.1. The smallest absolute Gasteiger partial charge is 0.267 e. The van der Waals surface area contributed by atoms with E-state index in [1.165, 1.54) is 12.1 Å². The van der Waals surface area contributed by atoms with Gasteiger partial charge in [-0.3, -0.25) is 4.79 Å². The van der Waals surface area contributed by atoms with E-state index >= 15 is 0 Å². The fourth-order valence-corrected chi connectivity index (χ4v) is 3.24. The molecule has 1 amide bonds. The van der Waals surface area contributed by atoms with E-state index < -0.39 is 0 Å². The number of H-pyrrole nitrogens is 1. The van der Waals surface area contributed by atoms with Crippen LogP contribution in [-0.2, 0) is 6.54 Å². The number of hydrogen-bond donors (Lipinski definition) is 2. The molecule has 0 saturated carbocycles. The predicted molar refractivity (Wildman–Crippen MR) is 99.7 cm³/mol. The summed E-state index contributed by atoms with van der Waals surface area (Å²) in [5, 5.41) is 3.60. The Labute approximate surface area is 149 Å². The Morgan fingerprint density at radius 2 is 2.08 bits per heavy atom. The van der Waals surface area contributed by atoms with Gasteiger partial charge in [0.05, 0.1) is 11.0 Å². The average Bonchev–Trinajstić information content (AvgIpc) is 3.18. The van der Waals surface area contributed by atoms with E-state index in [9.17, 15) is 9.18 Å². The first-order valence-corrected chi connectivity index (χ1v) is 8.60. The van der Waals surface area contributed by atoms with Crippen molar-refractivity contribution in [3.63, 3.8) is 0 Å². The number of nitrogens with one attached hydrogen (secondary N) is 2. The Morgan fingerprint density at radius 1 is 1.23 bits per heavy atom. The van der Waals surface area contributed by atoms with Crippen LogP contribution in [-0.4, -0.2) is 27.0 Å². The van der Waals surface area contributed by atoms with Crippen molar-refractivity contribution in [2.45, 2.75) is 19.9 Å². The number of halogens is 1. The topological polar surface area (TPSA) is 62.7 Å². The SMILES string of the molecule is Cc1nc2ccccc2n1CCCNC(=O)c1cc2cc(F)ccc2[nH]1. The fourth-order valence-electron chi connectivity index (χ4n) is 3.24. The minimum atomic E-state index is -0.314. The van der Waals surface area contributed by atoms with Crippen LogP contribution in [0.3, 0.4) is 0 Å². The van der Waals surface area contributed by atoms with E-state index in [1.807, 2.05) is 25.1 Å². The number of benzene rings is 2. The summed E-state index contributed by atoms with van der Waals surface area (Å²) in [7, 11) is 0. The average molecular weight is 350 g/mol. The van der Waals surface area contributed by atoms with Crippen LogP contribution in [0.25, 0.3) is 21.9 Å². The van der Waals surface area contributed by atoms with Gasteiger partial charge in [0, 0.05) is 24.0 Å². The van der Waals surface area contributed by atoms with Gasteiger partial charge in [0.1, 0.15) is 17.3 Å². The summed E-state index contributed by atoms with van der Waals surface area (Å²) in [6.45, 7) is 3.32. The number of fused-ring (bicyclic) bond motifs is 2. The van der Waals surface area contributed by atoms with Crippen LogP contribution in [0.5, 0.6) is 0 Å². The zero-order chi connectivity index (χ0) is 18.1. The summed E-state index contributed by atoms with van der Waals surface area (Å²) in [5.74, 6) is 0.468. The molecule has 132 valence electrons. The molecule has 0 fully saturated rings. The van der Waals surface area contributed by atoms with Crippen molar-refractivity contribution in [1.82, 2.24) is 19.9 Å². The molecule has 0 unspecified atom stereocenters. The van der Waals surface area contributed by atoms with Crippen LogP contribution >= 0.6 is 0 Å². The quantitative estimate of drug-likeness (QED) is 0.538. The normalized spacial score (nSPS) is 11.3. The highest BCUT2D eigenvalue weighted by molar-refractivity contribution is 5.97. The van der Waals surface area contributed by atoms with Gasteiger partial charge in [-0.25, -0.2) is 9.37 Å². The van der Waals surface area contributed by atoms with Crippen molar-refractivity contribution in [2.24, 2.45) is 0 Å². The van der Waals surface area contributed by atoms with Crippen LogP contribution in [0.2, 0.25) is 0 Å². The molecule has 2 aromatic heterocycles. The summed E-state index contributed by atoms with van der Waals surface area (Å²) < 4.78 is 15.4. The van der Waals surface area contributed by atoms with E-state index in [-0.39, 0.29) is 11.7 Å². The Bertz CT molecular complexity index is 1100. The second kappa shape index (κ2) is 6.63. The van der Waals surface area contributed by atoms with Crippen LogP contribution in [0.4, 0.5) is 4.39 Å². The number of amides is 1. The van der Waals surface area contributed by atoms with E-state index in [0.29, 0.717) is 17.6 Å². The minimum Gasteiger partial charge on any atom is -0.351 e. The van der Waals surface area contributed by atoms with Crippen molar-refractivity contribution in [2.75, 3.05) is 6.54 Å². The predicted octanol–water partition coefficient (Wildman–Crippen LogP) is 3.79. The molecule has 2 heterocycles. The summed E-state index contributed by atoms with van der Waals surface area (Å²) in [6.07, 6.45) is 0.793. The molecule has 0 spiro atoms. The number of imidazole rings is 1. The molecule has 26 heavy (non-hydrogen) atoms. The Balaban J connectivity index is 1.38. The second-order valence-corrected chi connectivity index (χ2v) is 6.32. The number of carbonyl (C=O) groups is 1. The number of carbonyl (C=O) groups excluding carboxylic acids is 1. The van der Waals surface area contributed by atoms with Crippen LogP contribution in [0, 0.1) is 12.7 Å². The van der Waals surface area contributed by atoms with Gasteiger partial charge in [-0.1, -0.05) is 12.1 Å². The highest BCUT2D eigenvalue weighted by Gasteiger charge is 2.10. The number of nitrogens with zero attached hydrogens (tertiary/aromatic N) is 2. The number of para-hydroxylation sites is 2. The van der Waals surface area contributed by atoms with E-state index in [2.05, 4.69) is 25.9 Å². The number of rotatable bonds is 5. The zero-order valence-electron chi connectivity index (χ0n) is 14.4. The van der Waals surface area contributed by atoms with E-state index in [4.69, 9.17) is 0 Å².